The maximum Gasteiger partial charge on any atom is 0.247 e. The molecule has 0 radical (unpaired) electrons. The molecule has 2 amide bonds. The zero-order chi connectivity index (χ0) is 17.1. The number of likely N-dealkylation sites (tertiary alicyclic amines) is 1. The summed E-state index contributed by atoms with van der Waals surface area (Å²) in [6, 6.07) is 9.46. The highest BCUT2D eigenvalue weighted by Gasteiger charge is 2.37. The quantitative estimate of drug-likeness (QED) is 0.827. The number of rotatable bonds is 6. The maximum absolute atomic E-state index is 12.7. The van der Waals surface area contributed by atoms with Crippen LogP contribution in [0.2, 0.25) is 0 Å². The molecule has 0 spiro atoms. The summed E-state index contributed by atoms with van der Waals surface area (Å²) in [6.07, 6.45) is 2.81. The molecule has 0 aromatic heterocycles. The number of carbonyl (C=O) groups excluding carboxylic acids is 2. The molecule has 5 nitrogen and oxygen atoms in total. The highest BCUT2D eigenvalue weighted by atomic mass is 16.3. The first-order valence-corrected chi connectivity index (χ1v) is 8.85. The predicted octanol–water partition coefficient (Wildman–Crippen LogP) is 1.35. The molecular formula is C19H26N2O3. The Balaban J connectivity index is 1.56. The van der Waals surface area contributed by atoms with Crippen LogP contribution in [0.4, 0.5) is 0 Å². The Labute approximate surface area is 143 Å². The fourth-order valence-electron chi connectivity index (χ4n) is 3.35. The Hall–Kier alpha value is -1.88. The van der Waals surface area contributed by atoms with Gasteiger partial charge in [-0.25, -0.2) is 0 Å². The number of hydrogen-bond acceptors (Lipinski definition) is 3. The second-order valence-electron chi connectivity index (χ2n) is 7.13. The van der Waals surface area contributed by atoms with Gasteiger partial charge in [0.05, 0.1) is 6.10 Å². The van der Waals surface area contributed by atoms with Gasteiger partial charge in [0.2, 0.25) is 11.8 Å². The van der Waals surface area contributed by atoms with Gasteiger partial charge in [-0.2, -0.15) is 0 Å². The van der Waals surface area contributed by atoms with Crippen molar-refractivity contribution >= 4 is 11.8 Å². The van der Waals surface area contributed by atoms with E-state index in [-0.39, 0.29) is 17.7 Å². The van der Waals surface area contributed by atoms with E-state index in [9.17, 15) is 14.7 Å². The maximum atomic E-state index is 12.7. The van der Waals surface area contributed by atoms with Crippen LogP contribution in [0.1, 0.15) is 31.7 Å². The molecule has 1 saturated carbocycles. The van der Waals surface area contributed by atoms with Crippen molar-refractivity contribution in [3.05, 3.63) is 35.9 Å². The van der Waals surface area contributed by atoms with E-state index in [1.165, 1.54) is 5.56 Å². The molecule has 2 aliphatic rings. The lowest BCUT2D eigenvalue weighted by Crippen LogP contribution is -2.53. The van der Waals surface area contributed by atoms with Gasteiger partial charge < -0.3 is 15.3 Å². The van der Waals surface area contributed by atoms with Crippen LogP contribution in [-0.2, 0) is 16.0 Å². The van der Waals surface area contributed by atoms with E-state index in [4.69, 9.17) is 0 Å². The van der Waals surface area contributed by atoms with E-state index in [1.807, 2.05) is 18.2 Å². The van der Waals surface area contributed by atoms with Gasteiger partial charge >= 0.3 is 0 Å². The summed E-state index contributed by atoms with van der Waals surface area (Å²) < 4.78 is 0. The van der Waals surface area contributed by atoms with Crippen LogP contribution in [0.15, 0.2) is 30.3 Å². The number of aliphatic hydroxyl groups excluding tert-OH is 1. The fourth-order valence-corrected chi connectivity index (χ4v) is 3.35. The van der Waals surface area contributed by atoms with Gasteiger partial charge in [-0.15, -0.1) is 0 Å². The molecule has 0 bridgehead atoms. The molecular weight excluding hydrogens is 304 g/mol. The molecule has 1 heterocycles. The Kier molecular flexibility index (Phi) is 5.19. The molecule has 1 aliphatic heterocycles. The SMILES string of the molecule is CC(O)C(NC(=O)C1CC1)C(=O)N1CCC(Cc2ccccc2)C1. The molecule has 1 aromatic carbocycles. The minimum atomic E-state index is -0.881. The van der Waals surface area contributed by atoms with Crippen LogP contribution in [0.5, 0.6) is 0 Å². The third-order valence-electron chi connectivity index (χ3n) is 4.96. The van der Waals surface area contributed by atoms with Crippen molar-refractivity contribution in [3.8, 4) is 0 Å². The van der Waals surface area contributed by atoms with Gasteiger partial charge in [0, 0.05) is 19.0 Å². The van der Waals surface area contributed by atoms with Crippen molar-refractivity contribution in [1.82, 2.24) is 10.2 Å². The summed E-state index contributed by atoms with van der Waals surface area (Å²) in [5, 5.41) is 12.7. The number of aliphatic hydroxyl groups is 1. The molecule has 2 N–H and O–H groups in total. The lowest BCUT2D eigenvalue weighted by atomic mass is 9.99. The Morgan fingerprint density at radius 1 is 1.25 bits per heavy atom. The van der Waals surface area contributed by atoms with Crippen molar-refractivity contribution in [1.29, 1.82) is 0 Å². The second-order valence-corrected chi connectivity index (χ2v) is 7.13. The van der Waals surface area contributed by atoms with E-state index in [2.05, 4.69) is 17.4 Å². The van der Waals surface area contributed by atoms with Crippen molar-refractivity contribution in [2.45, 2.75) is 44.8 Å². The molecule has 1 aliphatic carbocycles. The zero-order valence-corrected chi connectivity index (χ0v) is 14.1. The van der Waals surface area contributed by atoms with E-state index in [1.54, 1.807) is 11.8 Å². The smallest absolute Gasteiger partial charge is 0.247 e. The van der Waals surface area contributed by atoms with Crippen LogP contribution >= 0.6 is 0 Å². The highest BCUT2D eigenvalue weighted by Crippen LogP contribution is 2.29. The number of nitrogens with one attached hydrogen (secondary N) is 1. The monoisotopic (exact) mass is 330 g/mol. The van der Waals surface area contributed by atoms with E-state index in [0.29, 0.717) is 19.0 Å². The van der Waals surface area contributed by atoms with Crippen molar-refractivity contribution < 1.29 is 14.7 Å². The van der Waals surface area contributed by atoms with Gasteiger partial charge in [0.15, 0.2) is 0 Å². The van der Waals surface area contributed by atoms with Crippen LogP contribution in [-0.4, -0.2) is 47.1 Å². The Morgan fingerprint density at radius 2 is 1.96 bits per heavy atom. The lowest BCUT2D eigenvalue weighted by molar-refractivity contribution is -0.138. The van der Waals surface area contributed by atoms with Gasteiger partial charge in [0.1, 0.15) is 6.04 Å². The average molecular weight is 330 g/mol. The Bertz CT molecular complexity index is 584. The first-order valence-electron chi connectivity index (χ1n) is 8.85. The minimum absolute atomic E-state index is 0.0310. The fraction of sp³-hybridized carbons (Fsp3) is 0.579. The van der Waals surface area contributed by atoms with Gasteiger partial charge in [-0.3, -0.25) is 9.59 Å². The molecule has 3 unspecified atom stereocenters. The minimum Gasteiger partial charge on any atom is -0.391 e. The number of benzene rings is 1. The Morgan fingerprint density at radius 3 is 2.58 bits per heavy atom. The second kappa shape index (κ2) is 7.34. The third kappa shape index (κ3) is 4.15. The lowest BCUT2D eigenvalue weighted by Gasteiger charge is -2.26. The van der Waals surface area contributed by atoms with Crippen LogP contribution in [0, 0.1) is 11.8 Å². The van der Waals surface area contributed by atoms with Gasteiger partial charge in [-0.05, 0) is 44.1 Å². The topological polar surface area (TPSA) is 69.6 Å². The van der Waals surface area contributed by atoms with Crippen LogP contribution in [0.3, 0.4) is 0 Å². The molecule has 24 heavy (non-hydrogen) atoms. The van der Waals surface area contributed by atoms with Gasteiger partial charge in [-0.1, -0.05) is 30.3 Å². The summed E-state index contributed by atoms with van der Waals surface area (Å²) >= 11 is 0. The molecule has 1 aromatic rings. The molecule has 3 rings (SSSR count). The molecule has 3 atom stereocenters. The first kappa shape index (κ1) is 17.0. The zero-order valence-electron chi connectivity index (χ0n) is 14.1. The number of hydrogen-bond donors (Lipinski definition) is 2. The molecule has 130 valence electrons. The van der Waals surface area contributed by atoms with Crippen molar-refractivity contribution in [2.24, 2.45) is 11.8 Å². The van der Waals surface area contributed by atoms with Gasteiger partial charge in [0.25, 0.3) is 0 Å². The number of carbonyl (C=O) groups is 2. The molecule has 5 heteroatoms. The van der Waals surface area contributed by atoms with E-state index in [0.717, 1.165) is 25.7 Å². The summed E-state index contributed by atoms with van der Waals surface area (Å²) in [4.78, 5) is 26.5. The summed E-state index contributed by atoms with van der Waals surface area (Å²) in [6.45, 7) is 2.95. The first-order chi connectivity index (χ1) is 11.5. The van der Waals surface area contributed by atoms with Crippen LogP contribution < -0.4 is 5.32 Å². The normalized spacial score (nSPS) is 22.9. The molecule has 2 fully saturated rings. The van der Waals surface area contributed by atoms with E-state index < -0.39 is 12.1 Å². The third-order valence-corrected chi connectivity index (χ3v) is 4.96. The van der Waals surface area contributed by atoms with E-state index >= 15 is 0 Å². The summed E-state index contributed by atoms with van der Waals surface area (Å²) in [5.41, 5.74) is 1.28. The highest BCUT2D eigenvalue weighted by molar-refractivity contribution is 5.90. The van der Waals surface area contributed by atoms with Crippen molar-refractivity contribution in [2.75, 3.05) is 13.1 Å². The van der Waals surface area contributed by atoms with Crippen molar-refractivity contribution in [3.63, 3.8) is 0 Å². The standard InChI is InChI=1S/C19H26N2O3/c1-13(22)17(20-18(23)16-7-8-16)19(24)21-10-9-15(12-21)11-14-5-3-2-4-6-14/h2-6,13,15-17,22H,7-12H2,1H3,(H,20,23). The number of amides is 2. The number of nitrogens with zero attached hydrogens (tertiary/aromatic N) is 1. The van der Waals surface area contributed by atoms with Crippen LogP contribution in [0.25, 0.3) is 0 Å². The largest absolute Gasteiger partial charge is 0.391 e. The summed E-state index contributed by atoms with van der Waals surface area (Å²) in [5.74, 6) is 0.206. The predicted molar refractivity (Wildman–Crippen MR) is 91.2 cm³/mol. The average Bonchev–Trinajstić information content (AvgIpc) is 3.32. The summed E-state index contributed by atoms with van der Waals surface area (Å²) in [7, 11) is 0. The molecule has 1 saturated heterocycles.